The summed E-state index contributed by atoms with van der Waals surface area (Å²) in [6.07, 6.45) is 0. The van der Waals surface area contributed by atoms with E-state index in [4.69, 9.17) is 5.73 Å². The van der Waals surface area contributed by atoms with Crippen molar-refractivity contribution in [3.8, 4) is 0 Å². The molecule has 0 heterocycles. The Morgan fingerprint density at radius 3 is 2.38 bits per heavy atom. The summed E-state index contributed by atoms with van der Waals surface area (Å²) in [5.41, 5.74) is 4.69. The topological polar surface area (TPSA) is 60.2 Å². The molecule has 0 unspecified atom stereocenters. The van der Waals surface area contributed by atoms with E-state index in [0.29, 0.717) is 0 Å². The van der Waals surface area contributed by atoms with Crippen molar-refractivity contribution in [2.24, 2.45) is 0 Å². The molecule has 1 aromatic rings. The highest BCUT2D eigenvalue weighted by molar-refractivity contribution is 7.86. The van der Waals surface area contributed by atoms with Gasteiger partial charge in [-0.15, -0.1) is 3.89 Å². The Balaban J connectivity index is 3.50. The van der Waals surface area contributed by atoms with Gasteiger partial charge in [0.25, 0.3) is 0 Å². The van der Waals surface area contributed by atoms with Crippen LogP contribution in [0.2, 0.25) is 0 Å². The van der Waals surface area contributed by atoms with E-state index >= 15 is 0 Å². The van der Waals surface area contributed by atoms with Crippen molar-refractivity contribution in [2.75, 3.05) is 5.73 Å². The second kappa shape index (κ2) is 2.95. The van der Waals surface area contributed by atoms with Crippen LogP contribution in [0.4, 0.5) is 14.0 Å². The number of rotatable bonds is 1. The molecule has 1 rings (SSSR count). The fraction of sp³-hybridized carbons (Fsp3) is 0.143. The highest BCUT2D eigenvalue weighted by Crippen LogP contribution is 2.22. The van der Waals surface area contributed by atoms with Crippen LogP contribution in [0.15, 0.2) is 17.0 Å². The van der Waals surface area contributed by atoms with Gasteiger partial charge in [0.1, 0.15) is 10.7 Å². The summed E-state index contributed by atoms with van der Waals surface area (Å²) in [7, 11) is -4.82. The highest BCUT2D eigenvalue weighted by Gasteiger charge is 2.17. The Labute approximate surface area is 74.4 Å². The Kier molecular flexibility index (Phi) is 2.25. The number of hydrogen-bond donors (Lipinski definition) is 1. The molecule has 0 aromatic heterocycles. The standard InChI is InChI=1S/C7H7F2NO2S/c1-4-2-5(8)6(10)3-7(4)13(9,11)12/h2-3H,10H2,1H3. The maximum atomic E-state index is 12.7. The van der Waals surface area contributed by atoms with E-state index < -0.39 is 20.9 Å². The number of nitrogens with two attached hydrogens (primary N) is 1. The minimum Gasteiger partial charge on any atom is -0.396 e. The van der Waals surface area contributed by atoms with Gasteiger partial charge >= 0.3 is 10.2 Å². The lowest BCUT2D eigenvalue weighted by Crippen LogP contribution is -2.00. The number of nitrogen functional groups attached to an aromatic ring is 1. The third-order valence-electron chi connectivity index (χ3n) is 1.56. The van der Waals surface area contributed by atoms with Crippen LogP contribution >= 0.6 is 0 Å². The average molecular weight is 207 g/mol. The van der Waals surface area contributed by atoms with Gasteiger partial charge in [-0.2, -0.15) is 8.42 Å². The third-order valence-corrected chi connectivity index (χ3v) is 2.52. The van der Waals surface area contributed by atoms with Crippen molar-refractivity contribution in [1.29, 1.82) is 0 Å². The predicted octanol–water partition coefficient (Wildman–Crippen LogP) is 1.37. The van der Waals surface area contributed by atoms with Crippen molar-refractivity contribution < 1.29 is 16.7 Å². The fourth-order valence-corrected chi connectivity index (χ4v) is 1.64. The van der Waals surface area contributed by atoms with Gasteiger partial charge in [-0.1, -0.05) is 0 Å². The first-order valence-corrected chi connectivity index (χ1v) is 4.71. The van der Waals surface area contributed by atoms with Gasteiger partial charge < -0.3 is 5.73 Å². The first kappa shape index (κ1) is 9.91. The SMILES string of the molecule is Cc1cc(F)c(N)cc1S(=O)(=O)F. The lowest BCUT2D eigenvalue weighted by molar-refractivity contribution is 0.551. The molecule has 0 spiro atoms. The summed E-state index contributed by atoms with van der Waals surface area (Å²) in [5.74, 6) is -0.759. The van der Waals surface area contributed by atoms with Gasteiger partial charge in [-0.3, -0.25) is 0 Å². The second-order valence-corrected chi connectivity index (χ2v) is 3.89. The van der Waals surface area contributed by atoms with Gasteiger partial charge in [0.15, 0.2) is 0 Å². The quantitative estimate of drug-likeness (QED) is 0.559. The fourth-order valence-electron chi connectivity index (χ4n) is 0.931. The number of benzene rings is 1. The van der Waals surface area contributed by atoms with Crippen LogP contribution < -0.4 is 5.73 Å². The summed E-state index contributed by atoms with van der Waals surface area (Å²) in [6, 6.07) is 1.64. The molecule has 1 aromatic carbocycles. The molecule has 0 aliphatic heterocycles. The van der Waals surface area contributed by atoms with Gasteiger partial charge in [-0.25, -0.2) is 4.39 Å². The van der Waals surface area contributed by atoms with Gasteiger partial charge in [0.05, 0.1) is 5.69 Å². The molecular weight excluding hydrogens is 200 g/mol. The number of hydrogen-bond acceptors (Lipinski definition) is 3. The Bertz CT molecular complexity index is 442. The van der Waals surface area contributed by atoms with E-state index in [2.05, 4.69) is 0 Å². The Morgan fingerprint density at radius 2 is 1.92 bits per heavy atom. The number of aryl methyl sites for hydroxylation is 1. The van der Waals surface area contributed by atoms with Crippen molar-refractivity contribution >= 4 is 15.9 Å². The Morgan fingerprint density at radius 1 is 1.38 bits per heavy atom. The molecule has 0 atom stereocenters. The summed E-state index contributed by atoms with van der Waals surface area (Å²) in [4.78, 5) is -0.591. The molecular formula is C7H7F2NO2S. The first-order valence-electron chi connectivity index (χ1n) is 3.32. The zero-order chi connectivity index (χ0) is 10.2. The summed E-state index contributed by atoms with van der Waals surface area (Å²) in [5, 5.41) is 0. The van der Waals surface area contributed by atoms with Crippen molar-refractivity contribution in [2.45, 2.75) is 11.8 Å². The van der Waals surface area contributed by atoms with E-state index in [9.17, 15) is 16.7 Å². The zero-order valence-electron chi connectivity index (χ0n) is 6.71. The summed E-state index contributed by atoms with van der Waals surface area (Å²) in [6.45, 7) is 1.29. The molecule has 3 nitrogen and oxygen atoms in total. The normalized spacial score (nSPS) is 11.6. The van der Waals surface area contributed by atoms with Crippen LogP contribution in [0.3, 0.4) is 0 Å². The summed E-state index contributed by atoms with van der Waals surface area (Å²) < 4.78 is 46.1. The van der Waals surface area contributed by atoms with Crippen LogP contribution in [-0.4, -0.2) is 8.42 Å². The van der Waals surface area contributed by atoms with Gasteiger partial charge in [-0.05, 0) is 24.6 Å². The van der Waals surface area contributed by atoms with E-state index in [0.717, 1.165) is 12.1 Å². The minimum atomic E-state index is -4.82. The van der Waals surface area contributed by atoms with Crippen molar-refractivity contribution in [1.82, 2.24) is 0 Å². The van der Waals surface area contributed by atoms with Crippen LogP contribution in [0.5, 0.6) is 0 Å². The molecule has 0 bridgehead atoms. The molecule has 0 saturated heterocycles. The monoisotopic (exact) mass is 207 g/mol. The molecule has 2 N–H and O–H groups in total. The molecule has 72 valence electrons. The van der Waals surface area contributed by atoms with Crippen molar-refractivity contribution in [3.63, 3.8) is 0 Å². The molecule has 6 heteroatoms. The van der Waals surface area contributed by atoms with E-state index in [1.165, 1.54) is 6.92 Å². The second-order valence-electron chi connectivity index (χ2n) is 2.58. The lowest BCUT2D eigenvalue weighted by Gasteiger charge is -2.02. The zero-order valence-corrected chi connectivity index (χ0v) is 7.53. The van der Waals surface area contributed by atoms with Crippen LogP contribution in [-0.2, 0) is 10.2 Å². The number of halogens is 2. The predicted molar refractivity (Wildman–Crippen MR) is 43.8 cm³/mol. The molecule has 0 fully saturated rings. The molecule has 0 aliphatic rings. The van der Waals surface area contributed by atoms with E-state index in [-0.39, 0.29) is 11.3 Å². The average Bonchev–Trinajstić information content (AvgIpc) is 1.94. The highest BCUT2D eigenvalue weighted by atomic mass is 32.3. The van der Waals surface area contributed by atoms with Crippen LogP contribution in [0.1, 0.15) is 5.56 Å². The largest absolute Gasteiger partial charge is 0.396 e. The molecule has 13 heavy (non-hydrogen) atoms. The van der Waals surface area contributed by atoms with E-state index in [1.54, 1.807) is 0 Å². The molecule has 0 amide bonds. The maximum Gasteiger partial charge on any atom is 0.332 e. The first-order chi connectivity index (χ1) is 5.82. The third kappa shape index (κ3) is 1.95. The molecule has 0 saturated carbocycles. The van der Waals surface area contributed by atoms with Gasteiger partial charge in [0, 0.05) is 0 Å². The van der Waals surface area contributed by atoms with Crippen LogP contribution in [0.25, 0.3) is 0 Å². The number of anilines is 1. The summed E-state index contributed by atoms with van der Waals surface area (Å²) >= 11 is 0. The Hall–Kier alpha value is -1.17. The lowest BCUT2D eigenvalue weighted by atomic mass is 10.2. The molecule has 0 radical (unpaired) electrons. The van der Waals surface area contributed by atoms with Crippen molar-refractivity contribution in [3.05, 3.63) is 23.5 Å². The molecule has 0 aliphatic carbocycles. The minimum absolute atomic E-state index is 0.00537. The maximum absolute atomic E-state index is 12.7. The van der Waals surface area contributed by atoms with Gasteiger partial charge in [0.2, 0.25) is 0 Å². The van der Waals surface area contributed by atoms with E-state index in [1.807, 2.05) is 0 Å². The van der Waals surface area contributed by atoms with Crippen LogP contribution in [0, 0.1) is 12.7 Å². The smallest absolute Gasteiger partial charge is 0.332 e.